The van der Waals surface area contributed by atoms with Gasteiger partial charge in [-0.3, -0.25) is 9.59 Å². The first-order chi connectivity index (χ1) is 10.1. The van der Waals surface area contributed by atoms with Gasteiger partial charge in [-0.1, -0.05) is 0 Å². The van der Waals surface area contributed by atoms with Crippen LogP contribution in [0.4, 0.5) is 4.79 Å². The summed E-state index contributed by atoms with van der Waals surface area (Å²) in [6.45, 7) is 0.348. The van der Waals surface area contributed by atoms with Crippen LogP contribution in [0, 0.1) is 0 Å². The second kappa shape index (κ2) is 7.28. The molecular weight excluding hydrogens is 274 g/mol. The summed E-state index contributed by atoms with van der Waals surface area (Å²) in [5.74, 6) is -0.779. The predicted molar refractivity (Wildman–Crippen MR) is 75.3 cm³/mol. The molecule has 1 heterocycles. The number of primary amides is 1. The van der Waals surface area contributed by atoms with E-state index >= 15 is 0 Å². The Balaban J connectivity index is 1.77. The van der Waals surface area contributed by atoms with Crippen LogP contribution in [0.25, 0.3) is 0 Å². The summed E-state index contributed by atoms with van der Waals surface area (Å²) in [7, 11) is 0. The maximum Gasteiger partial charge on any atom is 0.407 e. The Bertz CT molecular complexity index is 407. The number of rotatable bonds is 4. The van der Waals surface area contributed by atoms with Crippen LogP contribution in [0.5, 0.6) is 0 Å². The predicted octanol–water partition coefficient (Wildman–Crippen LogP) is 0.522. The molecule has 0 radical (unpaired) electrons. The number of carbonyl (C=O) groups is 3. The van der Waals surface area contributed by atoms with Crippen molar-refractivity contribution in [3.05, 3.63) is 0 Å². The van der Waals surface area contributed by atoms with Crippen molar-refractivity contribution in [1.29, 1.82) is 0 Å². The van der Waals surface area contributed by atoms with E-state index in [-0.39, 0.29) is 18.6 Å². The van der Waals surface area contributed by atoms with E-state index in [0.717, 1.165) is 38.5 Å². The van der Waals surface area contributed by atoms with Crippen LogP contribution < -0.4 is 11.1 Å². The summed E-state index contributed by atoms with van der Waals surface area (Å²) in [5, 5.41) is 2.46. The number of nitrogens with zero attached hydrogens (tertiary/aromatic N) is 1. The SMILES string of the molecule is NC(=O)[C@@H]1CCCCN1C(=O)CNC(=O)OC1CCCC1. The summed E-state index contributed by atoms with van der Waals surface area (Å²) < 4.78 is 5.21. The molecule has 1 saturated carbocycles. The molecule has 0 unspecified atom stereocenters. The van der Waals surface area contributed by atoms with Crippen molar-refractivity contribution in [2.45, 2.75) is 57.1 Å². The molecule has 3 N–H and O–H groups in total. The van der Waals surface area contributed by atoms with Gasteiger partial charge in [0, 0.05) is 6.54 Å². The van der Waals surface area contributed by atoms with Gasteiger partial charge in [0.2, 0.25) is 11.8 Å². The molecule has 2 rings (SSSR count). The van der Waals surface area contributed by atoms with Crippen LogP contribution in [0.3, 0.4) is 0 Å². The molecule has 1 aliphatic carbocycles. The lowest BCUT2D eigenvalue weighted by molar-refractivity contribution is -0.140. The third kappa shape index (κ3) is 4.34. The Kier molecular flexibility index (Phi) is 5.41. The highest BCUT2D eigenvalue weighted by Crippen LogP contribution is 2.21. The van der Waals surface area contributed by atoms with Crippen LogP contribution in [-0.4, -0.2) is 48.0 Å². The van der Waals surface area contributed by atoms with Crippen LogP contribution in [0.2, 0.25) is 0 Å². The molecule has 2 fully saturated rings. The van der Waals surface area contributed by atoms with Gasteiger partial charge in [-0.25, -0.2) is 4.79 Å². The Morgan fingerprint density at radius 1 is 1.10 bits per heavy atom. The van der Waals surface area contributed by atoms with Gasteiger partial charge in [0.1, 0.15) is 18.7 Å². The highest BCUT2D eigenvalue weighted by Gasteiger charge is 2.30. The van der Waals surface area contributed by atoms with Crippen LogP contribution in [-0.2, 0) is 14.3 Å². The summed E-state index contributed by atoms with van der Waals surface area (Å²) in [5.41, 5.74) is 5.32. The molecule has 118 valence electrons. The Hall–Kier alpha value is -1.79. The van der Waals surface area contributed by atoms with Crippen molar-refractivity contribution in [1.82, 2.24) is 10.2 Å². The van der Waals surface area contributed by atoms with Gasteiger partial charge < -0.3 is 20.7 Å². The lowest BCUT2D eigenvalue weighted by atomic mass is 10.0. The van der Waals surface area contributed by atoms with E-state index in [1.807, 2.05) is 0 Å². The number of amides is 3. The molecule has 0 aromatic carbocycles. The molecule has 1 aliphatic heterocycles. The minimum absolute atomic E-state index is 0.0338. The molecule has 7 nitrogen and oxygen atoms in total. The zero-order valence-corrected chi connectivity index (χ0v) is 12.2. The van der Waals surface area contributed by atoms with Crippen molar-refractivity contribution in [2.24, 2.45) is 5.73 Å². The molecule has 2 aliphatic rings. The van der Waals surface area contributed by atoms with Crippen molar-refractivity contribution >= 4 is 17.9 Å². The second-order valence-electron chi connectivity index (χ2n) is 5.67. The Morgan fingerprint density at radius 2 is 1.76 bits per heavy atom. The van der Waals surface area contributed by atoms with Gasteiger partial charge in [-0.15, -0.1) is 0 Å². The minimum atomic E-state index is -0.567. The highest BCUT2D eigenvalue weighted by atomic mass is 16.6. The van der Waals surface area contributed by atoms with E-state index in [1.165, 1.54) is 4.90 Å². The van der Waals surface area contributed by atoms with Crippen molar-refractivity contribution in [3.8, 4) is 0 Å². The molecule has 0 bridgehead atoms. The van der Waals surface area contributed by atoms with Crippen molar-refractivity contribution < 1.29 is 19.1 Å². The number of piperidine rings is 1. The molecule has 0 aromatic heterocycles. The smallest absolute Gasteiger partial charge is 0.407 e. The van der Waals surface area contributed by atoms with E-state index in [0.29, 0.717) is 13.0 Å². The zero-order valence-electron chi connectivity index (χ0n) is 12.2. The summed E-state index contributed by atoms with van der Waals surface area (Å²) >= 11 is 0. The average molecular weight is 297 g/mol. The number of hydrogen-bond acceptors (Lipinski definition) is 4. The number of hydrogen-bond donors (Lipinski definition) is 2. The van der Waals surface area contributed by atoms with Gasteiger partial charge in [0.25, 0.3) is 0 Å². The lowest BCUT2D eigenvalue weighted by Gasteiger charge is -2.33. The summed E-state index contributed by atoms with van der Waals surface area (Å²) in [4.78, 5) is 36.5. The quantitative estimate of drug-likeness (QED) is 0.789. The van der Waals surface area contributed by atoms with Crippen LogP contribution in [0.15, 0.2) is 0 Å². The Labute approximate surface area is 124 Å². The summed E-state index contributed by atoms with van der Waals surface area (Å²) in [6, 6.07) is -0.557. The fourth-order valence-electron chi connectivity index (χ4n) is 2.97. The number of ether oxygens (including phenoxy) is 1. The number of nitrogens with two attached hydrogens (primary N) is 1. The molecular formula is C14H23N3O4. The minimum Gasteiger partial charge on any atom is -0.446 e. The van der Waals surface area contributed by atoms with Gasteiger partial charge in [0.15, 0.2) is 0 Å². The number of carbonyl (C=O) groups excluding carboxylic acids is 3. The molecule has 21 heavy (non-hydrogen) atoms. The zero-order chi connectivity index (χ0) is 15.2. The van der Waals surface area contributed by atoms with Gasteiger partial charge in [-0.2, -0.15) is 0 Å². The topological polar surface area (TPSA) is 102 Å². The number of alkyl carbamates (subject to hydrolysis) is 1. The first-order valence-corrected chi connectivity index (χ1v) is 7.61. The number of nitrogens with one attached hydrogen (secondary N) is 1. The third-order valence-electron chi connectivity index (χ3n) is 4.11. The normalized spacial score (nSPS) is 22.9. The Morgan fingerprint density at radius 3 is 2.43 bits per heavy atom. The average Bonchev–Trinajstić information content (AvgIpc) is 2.97. The second-order valence-corrected chi connectivity index (χ2v) is 5.67. The first kappa shape index (κ1) is 15.6. The molecule has 7 heteroatoms. The van der Waals surface area contributed by atoms with E-state index in [9.17, 15) is 14.4 Å². The number of likely N-dealkylation sites (tertiary alicyclic amines) is 1. The first-order valence-electron chi connectivity index (χ1n) is 7.61. The fraction of sp³-hybridized carbons (Fsp3) is 0.786. The van der Waals surface area contributed by atoms with Gasteiger partial charge in [0.05, 0.1) is 0 Å². The molecule has 0 aromatic rings. The van der Waals surface area contributed by atoms with E-state index in [1.54, 1.807) is 0 Å². The third-order valence-corrected chi connectivity index (χ3v) is 4.11. The molecule has 1 atom stereocenters. The monoisotopic (exact) mass is 297 g/mol. The van der Waals surface area contributed by atoms with Gasteiger partial charge >= 0.3 is 6.09 Å². The fourth-order valence-corrected chi connectivity index (χ4v) is 2.97. The van der Waals surface area contributed by atoms with Gasteiger partial charge in [-0.05, 0) is 44.9 Å². The lowest BCUT2D eigenvalue weighted by Crippen LogP contribution is -2.53. The largest absolute Gasteiger partial charge is 0.446 e. The van der Waals surface area contributed by atoms with Crippen molar-refractivity contribution in [3.63, 3.8) is 0 Å². The maximum atomic E-state index is 12.1. The maximum absolute atomic E-state index is 12.1. The highest BCUT2D eigenvalue weighted by molar-refractivity contribution is 5.88. The van der Waals surface area contributed by atoms with Crippen LogP contribution >= 0.6 is 0 Å². The standard InChI is InChI=1S/C14H23N3O4/c15-13(19)11-7-3-4-8-17(11)12(18)9-16-14(20)21-10-5-1-2-6-10/h10-11H,1-9H2,(H2,15,19)(H,16,20)/t11-/m0/s1. The van der Waals surface area contributed by atoms with Crippen LogP contribution in [0.1, 0.15) is 44.9 Å². The van der Waals surface area contributed by atoms with E-state index < -0.39 is 18.0 Å². The van der Waals surface area contributed by atoms with E-state index in [4.69, 9.17) is 10.5 Å². The van der Waals surface area contributed by atoms with E-state index in [2.05, 4.69) is 5.32 Å². The molecule has 0 spiro atoms. The summed E-state index contributed by atoms with van der Waals surface area (Å²) in [6.07, 6.45) is 5.64. The molecule has 1 saturated heterocycles. The van der Waals surface area contributed by atoms with Crippen molar-refractivity contribution in [2.75, 3.05) is 13.1 Å². The molecule has 3 amide bonds.